The third-order valence-corrected chi connectivity index (χ3v) is 12.1. The quantitative estimate of drug-likeness (QED) is 0.317. The van der Waals surface area contributed by atoms with Gasteiger partial charge in [0.05, 0.1) is 4.90 Å². The normalized spacial score (nSPS) is 12.8. The van der Waals surface area contributed by atoms with E-state index in [2.05, 4.69) is 69.3 Å². The van der Waals surface area contributed by atoms with Crippen molar-refractivity contribution in [3.8, 4) is 0 Å². The highest BCUT2D eigenvalue weighted by Gasteiger charge is 2.49. The molecule has 168 valence electrons. The Morgan fingerprint density at radius 2 is 1.25 bits per heavy atom. The minimum atomic E-state index is -3.40. The second-order valence-electron chi connectivity index (χ2n) is 8.88. The number of rotatable bonds is 9. The monoisotopic (exact) mass is 464 g/mol. The van der Waals surface area contributed by atoms with Gasteiger partial charge in [0.25, 0.3) is 8.32 Å². The van der Waals surface area contributed by atoms with Crippen LogP contribution < -0.4 is 10.4 Å². The first-order valence-corrected chi connectivity index (χ1v) is 14.4. The van der Waals surface area contributed by atoms with Gasteiger partial charge >= 0.3 is 0 Å². The summed E-state index contributed by atoms with van der Waals surface area (Å²) in [5.74, 6) is 0. The Balaban J connectivity index is 1.76. The van der Waals surface area contributed by atoms with Crippen LogP contribution in [-0.2, 0) is 14.3 Å². The Hall–Kier alpha value is -2.47. The summed E-state index contributed by atoms with van der Waals surface area (Å²) in [6, 6.07) is 29.6. The van der Waals surface area contributed by atoms with Gasteiger partial charge in [-0.15, -0.1) is 0 Å². The summed E-state index contributed by atoms with van der Waals surface area (Å²) in [5.41, 5.74) is 0. The molecule has 0 fully saturated rings. The van der Waals surface area contributed by atoms with Gasteiger partial charge in [0.15, 0.2) is 9.84 Å². The van der Waals surface area contributed by atoms with Crippen LogP contribution in [0.15, 0.2) is 107 Å². The maximum Gasteiger partial charge on any atom is 0.261 e. The predicted molar refractivity (Wildman–Crippen MR) is 136 cm³/mol. The van der Waals surface area contributed by atoms with Gasteiger partial charge in [0, 0.05) is 12.0 Å². The first kappa shape index (κ1) is 24.2. The van der Waals surface area contributed by atoms with Crippen LogP contribution in [0.1, 0.15) is 33.6 Å². The molecule has 32 heavy (non-hydrogen) atoms. The molecule has 3 aromatic carbocycles. The van der Waals surface area contributed by atoms with Crippen LogP contribution in [0.4, 0.5) is 0 Å². The Labute approximate surface area is 193 Å². The highest BCUT2D eigenvalue weighted by molar-refractivity contribution is 7.94. The number of sulfone groups is 1. The molecular weight excluding hydrogens is 432 g/mol. The number of hydrogen-bond donors (Lipinski definition) is 0. The highest BCUT2D eigenvalue weighted by Crippen LogP contribution is 2.36. The summed E-state index contributed by atoms with van der Waals surface area (Å²) in [6.45, 7) is 7.34. The van der Waals surface area contributed by atoms with Crippen LogP contribution in [0, 0.1) is 0 Å². The molecule has 0 aliphatic rings. The molecule has 0 aromatic heterocycles. The minimum absolute atomic E-state index is 0.0673. The number of allylic oxidation sites excluding steroid dienone is 1. The minimum Gasteiger partial charge on any atom is -0.407 e. The molecule has 0 N–H and O–H groups in total. The molecule has 0 aliphatic carbocycles. The van der Waals surface area contributed by atoms with E-state index in [1.54, 1.807) is 30.3 Å². The van der Waals surface area contributed by atoms with E-state index in [-0.39, 0.29) is 5.04 Å². The smallest absolute Gasteiger partial charge is 0.261 e. The molecule has 0 aliphatic heterocycles. The SMILES string of the molecule is CC(C)(C)[Si](OCCC/C=C/S(=O)(=O)c1ccccc1)(c1ccccc1)c1ccccc1. The van der Waals surface area contributed by atoms with Crippen LogP contribution in [0.25, 0.3) is 0 Å². The van der Waals surface area contributed by atoms with Crippen molar-refractivity contribution in [2.75, 3.05) is 6.61 Å². The summed E-state index contributed by atoms with van der Waals surface area (Å²) in [7, 11) is -5.94. The maximum atomic E-state index is 12.4. The van der Waals surface area contributed by atoms with Crippen molar-refractivity contribution in [3.63, 3.8) is 0 Å². The predicted octanol–water partition coefficient (Wildman–Crippen LogP) is 5.33. The molecule has 0 unspecified atom stereocenters. The molecule has 3 aromatic rings. The number of unbranched alkanes of at least 4 members (excludes halogenated alkanes) is 1. The molecule has 3 nitrogen and oxygen atoms in total. The Morgan fingerprint density at radius 1 is 0.781 bits per heavy atom. The average Bonchev–Trinajstić information content (AvgIpc) is 2.79. The van der Waals surface area contributed by atoms with Gasteiger partial charge in [0.2, 0.25) is 0 Å². The van der Waals surface area contributed by atoms with Crippen LogP contribution in [-0.4, -0.2) is 23.3 Å². The van der Waals surface area contributed by atoms with Gasteiger partial charge in [0.1, 0.15) is 0 Å². The zero-order chi connectivity index (χ0) is 23.1. The average molecular weight is 465 g/mol. The molecule has 3 rings (SSSR count). The molecule has 0 spiro atoms. The Kier molecular flexibility index (Phi) is 7.88. The van der Waals surface area contributed by atoms with Gasteiger partial charge in [-0.05, 0) is 40.4 Å². The van der Waals surface area contributed by atoms with Crippen molar-refractivity contribution >= 4 is 28.5 Å². The number of hydrogen-bond acceptors (Lipinski definition) is 3. The lowest BCUT2D eigenvalue weighted by molar-refractivity contribution is 0.293. The molecule has 5 heteroatoms. The van der Waals surface area contributed by atoms with Gasteiger partial charge in [-0.3, -0.25) is 0 Å². The largest absolute Gasteiger partial charge is 0.407 e. The van der Waals surface area contributed by atoms with Crippen molar-refractivity contribution in [2.45, 2.75) is 43.5 Å². The Bertz CT molecular complexity index is 1060. The maximum absolute atomic E-state index is 12.4. The molecule has 0 atom stereocenters. The lowest BCUT2D eigenvalue weighted by Gasteiger charge is -2.43. The van der Waals surface area contributed by atoms with Crippen molar-refractivity contribution in [1.29, 1.82) is 0 Å². The summed E-state index contributed by atoms with van der Waals surface area (Å²) in [6.07, 6.45) is 3.13. The van der Waals surface area contributed by atoms with E-state index >= 15 is 0 Å². The first-order valence-electron chi connectivity index (χ1n) is 11.0. The highest BCUT2D eigenvalue weighted by atomic mass is 32.2. The summed E-state index contributed by atoms with van der Waals surface area (Å²) >= 11 is 0. The second kappa shape index (κ2) is 10.4. The molecule has 0 amide bonds. The van der Waals surface area contributed by atoms with Gasteiger partial charge in [-0.2, -0.15) is 0 Å². The molecule has 0 saturated carbocycles. The standard InChI is InChI=1S/C27H32O3SSi/c1-27(2,3)32(25-18-10-5-11-19-25,26-20-12-6-13-21-26)30-22-14-7-15-23-31(28,29)24-16-8-4-9-17-24/h4-6,8-13,15-21,23H,7,14,22H2,1-3H3/b23-15+. The number of benzene rings is 3. The van der Waals surface area contributed by atoms with E-state index in [1.807, 2.05) is 18.2 Å². The van der Waals surface area contributed by atoms with Crippen LogP contribution in [0.2, 0.25) is 5.04 Å². The van der Waals surface area contributed by atoms with Crippen LogP contribution in [0.5, 0.6) is 0 Å². The van der Waals surface area contributed by atoms with Gasteiger partial charge in [-0.1, -0.05) is 106 Å². The van der Waals surface area contributed by atoms with Crippen LogP contribution in [0.3, 0.4) is 0 Å². The van der Waals surface area contributed by atoms with Gasteiger partial charge in [-0.25, -0.2) is 8.42 Å². The van der Waals surface area contributed by atoms with Gasteiger partial charge < -0.3 is 4.43 Å². The van der Waals surface area contributed by atoms with E-state index in [4.69, 9.17) is 4.43 Å². The topological polar surface area (TPSA) is 43.4 Å². The zero-order valence-electron chi connectivity index (χ0n) is 19.1. The van der Waals surface area contributed by atoms with E-state index in [0.29, 0.717) is 17.9 Å². The summed E-state index contributed by atoms with van der Waals surface area (Å²) in [4.78, 5) is 0.319. The van der Waals surface area contributed by atoms with Crippen molar-refractivity contribution in [3.05, 3.63) is 102 Å². The fourth-order valence-electron chi connectivity index (χ4n) is 4.07. The van der Waals surface area contributed by atoms with E-state index in [9.17, 15) is 8.42 Å². The first-order chi connectivity index (χ1) is 15.3. The zero-order valence-corrected chi connectivity index (χ0v) is 20.9. The Morgan fingerprint density at radius 3 is 1.72 bits per heavy atom. The summed E-state index contributed by atoms with van der Waals surface area (Å²) < 4.78 is 31.7. The summed E-state index contributed by atoms with van der Waals surface area (Å²) in [5, 5.41) is 3.75. The third-order valence-electron chi connectivity index (χ3n) is 5.60. The molecular formula is C27H32O3SSi. The van der Waals surface area contributed by atoms with E-state index in [1.165, 1.54) is 15.8 Å². The second-order valence-corrected chi connectivity index (χ2v) is 15.0. The van der Waals surface area contributed by atoms with Crippen molar-refractivity contribution < 1.29 is 12.8 Å². The molecule has 0 heterocycles. The lowest BCUT2D eigenvalue weighted by Crippen LogP contribution is -2.66. The molecule has 0 saturated heterocycles. The third kappa shape index (κ3) is 5.47. The molecule has 0 bridgehead atoms. The van der Waals surface area contributed by atoms with Crippen LogP contribution >= 0.6 is 0 Å². The van der Waals surface area contributed by atoms with E-state index in [0.717, 1.165) is 6.42 Å². The lowest BCUT2D eigenvalue weighted by atomic mass is 10.2. The molecule has 0 radical (unpaired) electrons. The van der Waals surface area contributed by atoms with E-state index < -0.39 is 18.2 Å². The fraction of sp³-hybridized carbons (Fsp3) is 0.259. The fourth-order valence-corrected chi connectivity index (χ4v) is 9.76. The van der Waals surface area contributed by atoms with Crippen molar-refractivity contribution in [1.82, 2.24) is 0 Å². The van der Waals surface area contributed by atoms with Crippen molar-refractivity contribution in [2.24, 2.45) is 0 Å².